The third-order valence-electron chi connectivity index (χ3n) is 2.47. The summed E-state index contributed by atoms with van der Waals surface area (Å²) in [6, 6.07) is 9.83. The second kappa shape index (κ2) is 6.18. The van der Waals surface area contributed by atoms with Crippen molar-refractivity contribution >= 4 is 38.7 Å². The Labute approximate surface area is 126 Å². The second-order valence-corrected chi connectivity index (χ2v) is 4.72. The molecule has 0 N–H and O–H groups in total. The Hall–Kier alpha value is -2.68. The van der Waals surface area contributed by atoms with E-state index >= 15 is 0 Å². The highest BCUT2D eigenvalue weighted by Gasteiger charge is 2.12. The number of nitro benzene ring substituents is 2. The first kappa shape index (κ1) is 14.7. The lowest BCUT2D eigenvalue weighted by atomic mass is 10.3. The summed E-state index contributed by atoms with van der Waals surface area (Å²) in [4.78, 5) is 20.2. The number of non-ortho nitro benzene ring substituents is 1. The van der Waals surface area contributed by atoms with Crippen molar-refractivity contribution in [3.8, 4) is 0 Å². The van der Waals surface area contributed by atoms with Crippen LogP contribution in [0.1, 0.15) is 0 Å². The van der Waals surface area contributed by atoms with Crippen LogP contribution in [0.4, 0.5) is 22.7 Å². The molecule has 0 amide bonds. The van der Waals surface area contributed by atoms with Gasteiger partial charge in [0.2, 0.25) is 0 Å². The van der Waals surface area contributed by atoms with Crippen LogP contribution in [-0.2, 0) is 0 Å². The summed E-state index contributed by atoms with van der Waals surface area (Å²) in [6.45, 7) is 0. The maximum absolute atomic E-state index is 10.8. The van der Waals surface area contributed by atoms with E-state index in [1.807, 2.05) is 0 Å². The molecule has 2 rings (SSSR count). The van der Waals surface area contributed by atoms with Crippen molar-refractivity contribution in [3.63, 3.8) is 0 Å². The largest absolute Gasteiger partial charge is 0.285 e. The number of hydrogen-bond donors (Lipinski definition) is 0. The highest BCUT2D eigenvalue weighted by molar-refractivity contribution is 9.10. The molecule has 0 aliphatic heterocycles. The fourth-order valence-corrected chi connectivity index (χ4v) is 1.85. The topological polar surface area (TPSA) is 111 Å². The Kier molecular flexibility index (Phi) is 4.33. The van der Waals surface area contributed by atoms with E-state index in [1.165, 1.54) is 36.4 Å². The Balaban J connectivity index is 2.23. The Bertz CT molecular complexity index is 731. The fourth-order valence-electron chi connectivity index (χ4n) is 1.46. The Morgan fingerprint density at radius 2 is 1.43 bits per heavy atom. The van der Waals surface area contributed by atoms with E-state index in [-0.39, 0.29) is 11.4 Å². The highest BCUT2D eigenvalue weighted by Crippen LogP contribution is 2.30. The first-order chi connectivity index (χ1) is 9.97. The number of benzene rings is 2. The van der Waals surface area contributed by atoms with Gasteiger partial charge in [-0.15, -0.1) is 0 Å². The van der Waals surface area contributed by atoms with Gasteiger partial charge in [0.05, 0.1) is 25.7 Å². The van der Waals surface area contributed by atoms with Gasteiger partial charge in [-0.25, -0.2) is 0 Å². The molecule has 2 aromatic rings. The number of azo groups is 1. The predicted octanol–water partition coefficient (Wildman–Crippen LogP) is 4.68. The van der Waals surface area contributed by atoms with Crippen molar-refractivity contribution in [1.29, 1.82) is 0 Å². The van der Waals surface area contributed by atoms with Crippen molar-refractivity contribution in [2.45, 2.75) is 0 Å². The maximum Gasteiger partial charge on any atom is 0.285 e. The van der Waals surface area contributed by atoms with Crippen molar-refractivity contribution in [2.75, 3.05) is 0 Å². The lowest BCUT2D eigenvalue weighted by molar-refractivity contribution is -0.385. The van der Waals surface area contributed by atoms with E-state index in [2.05, 4.69) is 26.2 Å². The van der Waals surface area contributed by atoms with Gasteiger partial charge in [-0.3, -0.25) is 20.2 Å². The Morgan fingerprint density at radius 1 is 0.857 bits per heavy atom. The first-order valence-electron chi connectivity index (χ1n) is 5.57. The third kappa shape index (κ3) is 3.66. The molecular formula is C12H7BrN4O4. The molecule has 0 radical (unpaired) electrons. The van der Waals surface area contributed by atoms with Gasteiger partial charge in [0.15, 0.2) is 0 Å². The number of hydrogen-bond acceptors (Lipinski definition) is 6. The molecular weight excluding hydrogens is 344 g/mol. The van der Waals surface area contributed by atoms with Gasteiger partial charge in [0, 0.05) is 18.2 Å². The summed E-state index contributed by atoms with van der Waals surface area (Å²) in [5.74, 6) is 0. The van der Waals surface area contributed by atoms with Crippen LogP contribution in [0.3, 0.4) is 0 Å². The molecule has 106 valence electrons. The zero-order valence-corrected chi connectivity index (χ0v) is 11.9. The molecule has 0 atom stereocenters. The smallest absolute Gasteiger partial charge is 0.258 e. The molecule has 9 heteroatoms. The zero-order valence-electron chi connectivity index (χ0n) is 10.3. The molecule has 0 unspecified atom stereocenters. The van der Waals surface area contributed by atoms with E-state index in [0.717, 1.165) is 0 Å². The number of nitrogens with zero attached hydrogens (tertiary/aromatic N) is 4. The lowest BCUT2D eigenvalue weighted by Gasteiger charge is -1.97. The average molecular weight is 351 g/mol. The molecule has 0 heterocycles. The van der Waals surface area contributed by atoms with Gasteiger partial charge in [0.25, 0.3) is 11.4 Å². The summed E-state index contributed by atoms with van der Waals surface area (Å²) in [5, 5.41) is 29.0. The molecule has 0 aromatic heterocycles. The molecule has 0 fully saturated rings. The molecule has 0 bridgehead atoms. The molecule has 0 aliphatic rings. The lowest BCUT2D eigenvalue weighted by Crippen LogP contribution is -1.88. The maximum atomic E-state index is 10.8. The van der Waals surface area contributed by atoms with Crippen LogP contribution in [0.2, 0.25) is 0 Å². The van der Waals surface area contributed by atoms with E-state index in [4.69, 9.17) is 0 Å². The molecule has 0 aliphatic carbocycles. The standard InChI is InChI=1S/C12H7BrN4O4/c13-11-6-3-9(7-12(11)17(20)21)15-14-8-1-4-10(5-2-8)16(18)19/h1-7H. The van der Waals surface area contributed by atoms with Crippen LogP contribution in [-0.4, -0.2) is 9.85 Å². The van der Waals surface area contributed by atoms with Crippen LogP contribution in [0.15, 0.2) is 57.2 Å². The summed E-state index contributed by atoms with van der Waals surface area (Å²) < 4.78 is 0.349. The molecule has 0 spiro atoms. The molecule has 21 heavy (non-hydrogen) atoms. The van der Waals surface area contributed by atoms with Gasteiger partial charge < -0.3 is 0 Å². The molecule has 0 saturated heterocycles. The minimum absolute atomic E-state index is 0.0479. The van der Waals surface area contributed by atoms with Gasteiger partial charge in [0.1, 0.15) is 0 Å². The van der Waals surface area contributed by atoms with Gasteiger partial charge in [-0.2, -0.15) is 10.2 Å². The molecule has 0 saturated carbocycles. The van der Waals surface area contributed by atoms with Crippen LogP contribution in [0.5, 0.6) is 0 Å². The first-order valence-corrected chi connectivity index (χ1v) is 6.37. The minimum Gasteiger partial charge on any atom is -0.258 e. The van der Waals surface area contributed by atoms with E-state index in [1.54, 1.807) is 6.07 Å². The SMILES string of the molecule is O=[N+]([O-])c1ccc(N=Nc2ccc(Br)c([N+](=O)[O-])c2)cc1. The summed E-state index contributed by atoms with van der Waals surface area (Å²) in [6.07, 6.45) is 0. The number of nitro groups is 2. The van der Waals surface area contributed by atoms with Gasteiger partial charge in [-0.1, -0.05) is 0 Å². The molecule has 8 nitrogen and oxygen atoms in total. The molecule has 2 aromatic carbocycles. The Morgan fingerprint density at radius 3 is 2.00 bits per heavy atom. The summed E-state index contributed by atoms with van der Waals surface area (Å²) in [7, 11) is 0. The van der Waals surface area contributed by atoms with Crippen molar-refractivity contribution in [1.82, 2.24) is 0 Å². The fraction of sp³-hybridized carbons (Fsp3) is 0. The van der Waals surface area contributed by atoms with Gasteiger partial charge >= 0.3 is 0 Å². The normalized spacial score (nSPS) is 10.7. The second-order valence-electron chi connectivity index (χ2n) is 3.87. The summed E-state index contributed by atoms with van der Waals surface area (Å²) in [5.41, 5.74) is 0.554. The summed E-state index contributed by atoms with van der Waals surface area (Å²) >= 11 is 3.07. The minimum atomic E-state index is -0.533. The zero-order chi connectivity index (χ0) is 15.4. The third-order valence-corrected chi connectivity index (χ3v) is 3.14. The van der Waals surface area contributed by atoms with Crippen LogP contribution in [0.25, 0.3) is 0 Å². The van der Waals surface area contributed by atoms with Crippen LogP contribution in [0, 0.1) is 20.2 Å². The predicted molar refractivity (Wildman–Crippen MR) is 78.1 cm³/mol. The average Bonchev–Trinajstić information content (AvgIpc) is 2.46. The van der Waals surface area contributed by atoms with Crippen LogP contribution >= 0.6 is 15.9 Å². The van der Waals surface area contributed by atoms with Crippen LogP contribution < -0.4 is 0 Å². The van der Waals surface area contributed by atoms with E-state index in [0.29, 0.717) is 15.8 Å². The van der Waals surface area contributed by atoms with Gasteiger partial charge in [-0.05, 0) is 40.2 Å². The quantitative estimate of drug-likeness (QED) is 0.452. The van der Waals surface area contributed by atoms with E-state index < -0.39 is 9.85 Å². The number of halogens is 1. The number of rotatable bonds is 4. The van der Waals surface area contributed by atoms with Crippen molar-refractivity contribution in [3.05, 3.63) is 67.2 Å². The van der Waals surface area contributed by atoms with E-state index in [9.17, 15) is 20.2 Å². The monoisotopic (exact) mass is 350 g/mol. The van der Waals surface area contributed by atoms with Crippen molar-refractivity contribution < 1.29 is 9.85 Å². The van der Waals surface area contributed by atoms with Crippen molar-refractivity contribution in [2.24, 2.45) is 10.2 Å². The highest BCUT2D eigenvalue weighted by atomic mass is 79.9.